The summed E-state index contributed by atoms with van der Waals surface area (Å²) in [6.45, 7) is 2.02. The highest BCUT2D eigenvalue weighted by Gasteiger charge is 2.30. The summed E-state index contributed by atoms with van der Waals surface area (Å²) >= 11 is 1.27. The van der Waals surface area contributed by atoms with E-state index in [0.29, 0.717) is 5.17 Å². The number of nitrogens with one attached hydrogen (secondary N) is 1. The molecular weight excluding hydrogens is 296 g/mol. The standard InChI is InChI=1S/C16H14N4OS/c1-11-7-9-12(10-8-11)17-16-18-14(21)15(22-16)20-19-13-5-3-2-4-6-13/h2-10,15H,1H3,(H,17,18,21). The molecule has 22 heavy (non-hydrogen) atoms. The number of nitrogens with zero attached hydrogens (tertiary/aromatic N) is 3. The van der Waals surface area contributed by atoms with Crippen molar-refractivity contribution in [2.75, 3.05) is 0 Å². The minimum atomic E-state index is -0.593. The molecule has 0 spiro atoms. The first-order valence-corrected chi connectivity index (χ1v) is 7.67. The molecule has 1 amide bonds. The fourth-order valence-corrected chi connectivity index (χ4v) is 2.63. The van der Waals surface area contributed by atoms with Gasteiger partial charge in [0, 0.05) is 0 Å². The van der Waals surface area contributed by atoms with Crippen molar-refractivity contribution in [3.8, 4) is 0 Å². The molecule has 5 nitrogen and oxygen atoms in total. The minimum absolute atomic E-state index is 0.199. The van der Waals surface area contributed by atoms with Crippen LogP contribution in [0.1, 0.15) is 5.56 Å². The van der Waals surface area contributed by atoms with Gasteiger partial charge in [0.15, 0.2) is 5.17 Å². The Morgan fingerprint density at radius 3 is 2.45 bits per heavy atom. The van der Waals surface area contributed by atoms with E-state index in [-0.39, 0.29) is 5.91 Å². The summed E-state index contributed by atoms with van der Waals surface area (Å²) in [4.78, 5) is 16.3. The molecule has 0 aliphatic carbocycles. The lowest BCUT2D eigenvalue weighted by Gasteiger charge is -1.97. The van der Waals surface area contributed by atoms with Crippen molar-refractivity contribution in [2.45, 2.75) is 12.3 Å². The Labute approximate surface area is 132 Å². The largest absolute Gasteiger partial charge is 0.302 e. The van der Waals surface area contributed by atoms with Crippen LogP contribution in [0.4, 0.5) is 11.4 Å². The number of benzene rings is 2. The van der Waals surface area contributed by atoms with Gasteiger partial charge in [0.25, 0.3) is 5.91 Å². The third-order valence-corrected chi connectivity index (χ3v) is 3.92. The number of hydrogen-bond donors (Lipinski definition) is 1. The highest BCUT2D eigenvalue weighted by molar-refractivity contribution is 8.15. The van der Waals surface area contributed by atoms with Crippen LogP contribution in [-0.2, 0) is 4.79 Å². The second kappa shape index (κ2) is 6.53. The van der Waals surface area contributed by atoms with E-state index in [4.69, 9.17) is 0 Å². The molecule has 3 rings (SSSR count). The van der Waals surface area contributed by atoms with Crippen molar-refractivity contribution >= 4 is 34.2 Å². The molecule has 1 saturated heterocycles. The number of aliphatic imine (C=N–C) groups is 1. The molecule has 0 bridgehead atoms. The lowest BCUT2D eigenvalue weighted by molar-refractivity contribution is -0.118. The van der Waals surface area contributed by atoms with E-state index in [1.807, 2.05) is 61.5 Å². The Hall–Kier alpha value is -2.47. The minimum Gasteiger partial charge on any atom is -0.302 e. The molecule has 110 valence electrons. The van der Waals surface area contributed by atoms with E-state index < -0.39 is 5.37 Å². The molecule has 2 aromatic rings. The van der Waals surface area contributed by atoms with Crippen molar-refractivity contribution in [1.29, 1.82) is 0 Å². The fraction of sp³-hybridized carbons (Fsp3) is 0.125. The molecular formula is C16H14N4OS. The maximum Gasteiger partial charge on any atom is 0.263 e. The molecule has 1 aliphatic rings. The number of amides is 1. The summed E-state index contributed by atoms with van der Waals surface area (Å²) in [5, 5.41) is 10.8. The number of rotatable bonds is 3. The molecule has 1 unspecified atom stereocenters. The number of thioether (sulfide) groups is 1. The topological polar surface area (TPSA) is 66.2 Å². The summed E-state index contributed by atoms with van der Waals surface area (Å²) in [6, 6.07) is 17.1. The molecule has 0 aromatic heterocycles. The number of carbonyl (C=O) groups excluding carboxylic acids is 1. The zero-order valence-corrected chi connectivity index (χ0v) is 12.7. The summed E-state index contributed by atoms with van der Waals surface area (Å²) in [5.74, 6) is -0.199. The van der Waals surface area contributed by atoms with Gasteiger partial charge in [-0.05, 0) is 43.0 Å². The average molecular weight is 310 g/mol. The van der Waals surface area contributed by atoms with Gasteiger partial charge < -0.3 is 5.32 Å². The van der Waals surface area contributed by atoms with Gasteiger partial charge >= 0.3 is 0 Å². The van der Waals surface area contributed by atoms with Crippen molar-refractivity contribution in [3.63, 3.8) is 0 Å². The predicted molar refractivity (Wildman–Crippen MR) is 88.8 cm³/mol. The van der Waals surface area contributed by atoms with Crippen molar-refractivity contribution in [1.82, 2.24) is 5.32 Å². The third kappa shape index (κ3) is 3.59. The highest BCUT2D eigenvalue weighted by Crippen LogP contribution is 2.25. The molecule has 6 heteroatoms. The molecule has 1 atom stereocenters. The van der Waals surface area contributed by atoms with Gasteiger partial charge in [-0.2, -0.15) is 10.2 Å². The Morgan fingerprint density at radius 2 is 1.73 bits per heavy atom. The zero-order valence-electron chi connectivity index (χ0n) is 11.9. The fourth-order valence-electron chi connectivity index (χ4n) is 1.84. The van der Waals surface area contributed by atoms with Gasteiger partial charge in [0.2, 0.25) is 5.37 Å². The normalized spacial score (nSPS) is 19.8. The van der Waals surface area contributed by atoms with Crippen LogP contribution >= 0.6 is 11.8 Å². The van der Waals surface area contributed by atoms with Crippen molar-refractivity contribution in [3.05, 3.63) is 60.2 Å². The van der Waals surface area contributed by atoms with E-state index in [0.717, 1.165) is 11.4 Å². The number of hydrogen-bond acceptors (Lipinski definition) is 5. The van der Waals surface area contributed by atoms with Gasteiger partial charge in [0.05, 0.1) is 11.4 Å². The Morgan fingerprint density at radius 1 is 1.00 bits per heavy atom. The van der Waals surface area contributed by atoms with Crippen LogP contribution in [0.2, 0.25) is 0 Å². The van der Waals surface area contributed by atoms with Crippen LogP contribution in [0.15, 0.2) is 69.8 Å². The van der Waals surface area contributed by atoms with E-state index in [1.165, 1.54) is 17.3 Å². The first kappa shape index (κ1) is 14.5. The van der Waals surface area contributed by atoms with Gasteiger partial charge in [-0.15, -0.1) is 0 Å². The predicted octanol–water partition coefficient (Wildman–Crippen LogP) is 3.96. The zero-order chi connectivity index (χ0) is 15.4. The van der Waals surface area contributed by atoms with E-state index in [9.17, 15) is 4.79 Å². The van der Waals surface area contributed by atoms with Gasteiger partial charge in [-0.1, -0.05) is 35.9 Å². The highest BCUT2D eigenvalue weighted by atomic mass is 32.2. The average Bonchev–Trinajstić information content (AvgIpc) is 2.88. The summed E-state index contributed by atoms with van der Waals surface area (Å²) in [6.07, 6.45) is 0. The number of carbonyl (C=O) groups is 1. The van der Waals surface area contributed by atoms with Crippen LogP contribution in [0.3, 0.4) is 0 Å². The molecule has 0 saturated carbocycles. The maximum absolute atomic E-state index is 11.9. The Balaban J connectivity index is 1.70. The molecule has 1 heterocycles. The van der Waals surface area contributed by atoms with Gasteiger partial charge in [0.1, 0.15) is 0 Å². The van der Waals surface area contributed by atoms with Crippen LogP contribution in [-0.4, -0.2) is 16.4 Å². The molecule has 1 N–H and O–H groups in total. The molecule has 0 radical (unpaired) electrons. The first-order chi connectivity index (χ1) is 10.7. The SMILES string of the molecule is Cc1ccc(N=C2NC(=O)C(N=Nc3ccccc3)S2)cc1. The van der Waals surface area contributed by atoms with Crippen LogP contribution in [0.25, 0.3) is 0 Å². The van der Waals surface area contributed by atoms with E-state index >= 15 is 0 Å². The maximum atomic E-state index is 11.9. The lowest BCUT2D eigenvalue weighted by Crippen LogP contribution is -2.23. The number of aryl methyl sites for hydroxylation is 1. The smallest absolute Gasteiger partial charge is 0.263 e. The van der Waals surface area contributed by atoms with Crippen LogP contribution in [0, 0.1) is 6.92 Å². The molecule has 1 fully saturated rings. The number of azo groups is 1. The van der Waals surface area contributed by atoms with Gasteiger partial charge in [-0.25, -0.2) is 4.99 Å². The summed E-state index contributed by atoms with van der Waals surface area (Å²) in [7, 11) is 0. The van der Waals surface area contributed by atoms with E-state index in [2.05, 4.69) is 20.5 Å². The first-order valence-electron chi connectivity index (χ1n) is 6.79. The Bertz CT molecular complexity index is 726. The Kier molecular flexibility index (Phi) is 4.29. The quantitative estimate of drug-likeness (QED) is 0.872. The van der Waals surface area contributed by atoms with Crippen LogP contribution < -0.4 is 5.32 Å². The van der Waals surface area contributed by atoms with Crippen LogP contribution in [0.5, 0.6) is 0 Å². The molecule has 2 aromatic carbocycles. The monoisotopic (exact) mass is 310 g/mol. The lowest BCUT2D eigenvalue weighted by atomic mass is 10.2. The van der Waals surface area contributed by atoms with E-state index in [1.54, 1.807) is 0 Å². The van der Waals surface area contributed by atoms with Gasteiger partial charge in [-0.3, -0.25) is 4.79 Å². The van der Waals surface area contributed by atoms with Crippen molar-refractivity contribution < 1.29 is 4.79 Å². The second-order valence-corrected chi connectivity index (χ2v) is 5.83. The van der Waals surface area contributed by atoms with Crippen molar-refractivity contribution in [2.24, 2.45) is 15.2 Å². The second-order valence-electron chi connectivity index (χ2n) is 4.76. The summed E-state index contributed by atoms with van der Waals surface area (Å²) < 4.78 is 0. The third-order valence-electron chi connectivity index (χ3n) is 2.98. The molecule has 1 aliphatic heterocycles. The summed E-state index contributed by atoms with van der Waals surface area (Å²) in [5.41, 5.74) is 2.69. The number of amidine groups is 1.